The van der Waals surface area contributed by atoms with E-state index in [1.165, 1.54) is 31.3 Å². The zero-order chi connectivity index (χ0) is 6.91. The molecule has 0 radical (unpaired) electrons. The summed E-state index contributed by atoms with van der Waals surface area (Å²) in [7, 11) is 0. The highest BCUT2D eigenvalue weighted by atomic mass is 14.4. The largest absolute Gasteiger partial charge is 0.0996 e. The van der Waals surface area contributed by atoms with E-state index in [0.29, 0.717) is 5.41 Å². The SMILES string of the molecule is C=C(C)C1(CC)CCC1. The van der Waals surface area contributed by atoms with Gasteiger partial charge in [-0.3, -0.25) is 0 Å². The van der Waals surface area contributed by atoms with Crippen molar-refractivity contribution in [2.45, 2.75) is 39.5 Å². The van der Waals surface area contributed by atoms with Crippen LogP contribution in [0.5, 0.6) is 0 Å². The fourth-order valence-corrected chi connectivity index (χ4v) is 1.69. The third kappa shape index (κ3) is 0.910. The molecule has 1 fully saturated rings. The lowest BCUT2D eigenvalue weighted by atomic mass is 9.63. The highest BCUT2D eigenvalue weighted by Crippen LogP contribution is 2.48. The van der Waals surface area contributed by atoms with Crippen molar-refractivity contribution >= 4 is 0 Å². The smallest absolute Gasteiger partial charge is 0.00961 e. The van der Waals surface area contributed by atoms with Gasteiger partial charge in [-0.15, -0.1) is 0 Å². The van der Waals surface area contributed by atoms with Crippen LogP contribution in [0.15, 0.2) is 12.2 Å². The molecule has 0 nitrogen and oxygen atoms in total. The second kappa shape index (κ2) is 2.17. The second-order valence-electron chi connectivity index (χ2n) is 3.27. The van der Waals surface area contributed by atoms with Gasteiger partial charge in [-0.2, -0.15) is 0 Å². The normalized spacial score (nSPS) is 22.9. The summed E-state index contributed by atoms with van der Waals surface area (Å²) in [5.74, 6) is 0. The summed E-state index contributed by atoms with van der Waals surface area (Å²) in [4.78, 5) is 0. The van der Waals surface area contributed by atoms with E-state index in [9.17, 15) is 0 Å². The van der Waals surface area contributed by atoms with Crippen LogP contribution in [0.2, 0.25) is 0 Å². The minimum atomic E-state index is 0.569. The summed E-state index contributed by atoms with van der Waals surface area (Å²) in [6.07, 6.45) is 5.49. The van der Waals surface area contributed by atoms with Gasteiger partial charge in [-0.25, -0.2) is 0 Å². The minimum Gasteiger partial charge on any atom is -0.0996 e. The third-order valence-electron chi connectivity index (χ3n) is 2.89. The average Bonchev–Trinajstić information content (AvgIpc) is 1.62. The Morgan fingerprint density at radius 3 is 2.11 bits per heavy atom. The Bertz CT molecular complexity index is 112. The Morgan fingerprint density at radius 2 is 2.11 bits per heavy atom. The molecule has 1 aliphatic rings. The molecule has 0 aromatic carbocycles. The van der Waals surface area contributed by atoms with Crippen molar-refractivity contribution in [2.24, 2.45) is 5.41 Å². The first kappa shape index (κ1) is 6.85. The van der Waals surface area contributed by atoms with Crippen LogP contribution in [0.1, 0.15) is 39.5 Å². The van der Waals surface area contributed by atoms with Crippen molar-refractivity contribution in [1.29, 1.82) is 0 Å². The first-order valence-electron chi connectivity index (χ1n) is 3.87. The maximum absolute atomic E-state index is 4.02. The van der Waals surface area contributed by atoms with Gasteiger partial charge in [-0.05, 0) is 31.6 Å². The minimum absolute atomic E-state index is 0.569. The fraction of sp³-hybridized carbons (Fsp3) is 0.778. The van der Waals surface area contributed by atoms with Crippen LogP contribution < -0.4 is 0 Å². The maximum Gasteiger partial charge on any atom is -0.00961 e. The standard InChI is InChI=1S/C9H16/c1-4-9(8(2)3)6-5-7-9/h2,4-7H2,1,3H3. The van der Waals surface area contributed by atoms with E-state index in [1.807, 2.05) is 0 Å². The van der Waals surface area contributed by atoms with Crippen LogP contribution in [0.25, 0.3) is 0 Å². The monoisotopic (exact) mass is 124 g/mol. The van der Waals surface area contributed by atoms with Crippen molar-refractivity contribution < 1.29 is 0 Å². The molecule has 0 N–H and O–H groups in total. The van der Waals surface area contributed by atoms with E-state index in [-0.39, 0.29) is 0 Å². The summed E-state index contributed by atoms with van der Waals surface area (Å²) < 4.78 is 0. The average molecular weight is 124 g/mol. The molecule has 1 aliphatic carbocycles. The molecular formula is C9H16. The number of hydrogen-bond donors (Lipinski definition) is 0. The first-order valence-corrected chi connectivity index (χ1v) is 3.87. The van der Waals surface area contributed by atoms with E-state index < -0.39 is 0 Å². The van der Waals surface area contributed by atoms with E-state index in [1.54, 1.807) is 0 Å². The van der Waals surface area contributed by atoms with Crippen molar-refractivity contribution in [3.05, 3.63) is 12.2 Å². The summed E-state index contributed by atoms with van der Waals surface area (Å²) in [5, 5.41) is 0. The van der Waals surface area contributed by atoms with Gasteiger partial charge in [0.1, 0.15) is 0 Å². The lowest BCUT2D eigenvalue weighted by molar-refractivity contribution is 0.179. The molecule has 0 atom stereocenters. The van der Waals surface area contributed by atoms with Gasteiger partial charge in [0, 0.05) is 0 Å². The zero-order valence-corrected chi connectivity index (χ0v) is 6.54. The molecule has 0 heterocycles. The van der Waals surface area contributed by atoms with Gasteiger partial charge in [0.15, 0.2) is 0 Å². The van der Waals surface area contributed by atoms with Gasteiger partial charge in [-0.1, -0.05) is 25.5 Å². The summed E-state index contributed by atoms with van der Waals surface area (Å²) in [6, 6.07) is 0. The van der Waals surface area contributed by atoms with Gasteiger partial charge < -0.3 is 0 Å². The van der Waals surface area contributed by atoms with Crippen molar-refractivity contribution in [1.82, 2.24) is 0 Å². The lowest BCUT2D eigenvalue weighted by Crippen LogP contribution is -2.29. The molecule has 0 heteroatoms. The predicted octanol–water partition coefficient (Wildman–Crippen LogP) is 3.14. The van der Waals surface area contributed by atoms with E-state index in [2.05, 4.69) is 20.4 Å². The maximum atomic E-state index is 4.02. The Morgan fingerprint density at radius 1 is 1.56 bits per heavy atom. The second-order valence-corrected chi connectivity index (χ2v) is 3.27. The summed E-state index contributed by atoms with van der Waals surface area (Å²) in [5.41, 5.74) is 1.97. The molecule has 52 valence electrons. The van der Waals surface area contributed by atoms with Crippen LogP contribution in [-0.4, -0.2) is 0 Å². The Hall–Kier alpha value is -0.260. The van der Waals surface area contributed by atoms with Gasteiger partial charge in [0.05, 0.1) is 0 Å². The molecule has 9 heavy (non-hydrogen) atoms. The predicted molar refractivity (Wildman–Crippen MR) is 41.4 cm³/mol. The van der Waals surface area contributed by atoms with E-state index in [4.69, 9.17) is 0 Å². The topological polar surface area (TPSA) is 0 Å². The molecular weight excluding hydrogens is 108 g/mol. The highest BCUT2D eigenvalue weighted by molar-refractivity contribution is 5.11. The Balaban J connectivity index is 2.57. The molecule has 0 saturated heterocycles. The van der Waals surface area contributed by atoms with Gasteiger partial charge >= 0.3 is 0 Å². The third-order valence-corrected chi connectivity index (χ3v) is 2.89. The molecule has 0 amide bonds. The Labute approximate surface area is 58.0 Å². The quantitative estimate of drug-likeness (QED) is 0.496. The number of rotatable bonds is 2. The van der Waals surface area contributed by atoms with Crippen LogP contribution in [0.4, 0.5) is 0 Å². The molecule has 1 rings (SSSR count). The summed E-state index contributed by atoms with van der Waals surface area (Å²) in [6.45, 7) is 8.46. The highest BCUT2D eigenvalue weighted by Gasteiger charge is 2.35. The van der Waals surface area contributed by atoms with E-state index in [0.717, 1.165) is 0 Å². The summed E-state index contributed by atoms with van der Waals surface area (Å²) >= 11 is 0. The Kier molecular flexibility index (Phi) is 1.65. The van der Waals surface area contributed by atoms with Crippen LogP contribution in [0, 0.1) is 5.41 Å². The lowest BCUT2D eigenvalue weighted by Gasteiger charge is -2.42. The molecule has 0 bridgehead atoms. The molecule has 1 saturated carbocycles. The van der Waals surface area contributed by atoms with Gasteiger partial charge in [0.25, 0.3) is 0 Å². The van der Waals surface area contributed by atoms with Crippen LogP contribution in [-0.2, 0) is 0 Å². The van der Waals surface area contributed by atoms with Gasteiger partial charge in [0.2, 0.25) is 0 Å². The van der Waals surface area contributed by atoms with Crippen LogP contribution >= 0.6 is 0 Å². The van der Waals surface area contributed by atoms with Crippen molar-refractivity contribution in [3.8, 4) is 0 Å². The first-order chi connectivity index (χ1) is 4.21. The number of allylic oxidation sites excluding steroid dienone is 1. The fourth-order valence-electron chi connectivity index (χ4n) is 1.69. The molecule has 0 aliphatic heterocycles. The number of hydrogen-bond acceptors (Lipinski definition) is 0. The molecule has 0 spiro atoms. The molecule has 0 aromatic rings. The van der Waals surface area contributed by atoms with Crippen molar-refractivity contribution in [2.75, 3.05) is 0 Å². The molecule has 0 aromatic heterocycles. The molecule has 0 unspecified atom stereocenters. The van der Waals surface area contributed by atoms with Crippen LogP contribution in [0.3, 0.4) is 0 Å². The zero-order valence-electron chi connectivity index (χ0n) is 6.54. The van der Waals surface area contributed by atoms with E-state index >= 15 is 0 Å². The van der Waals surface area contributed by atoms with Crippen molar-refractivity contribution in [3.63, 3.8) is 0 Å².